The summed E-state index contributed by atoms with van der Waals surface area (Å²) in [5.41, 5.74) is 0. The molecular weight excluding hydrogens is 370 g/mol. The lowest BCUT2D eigenvalue weighted by atomic mass is 10.1. The molecule has 24 heavy (non-hydrogen) atoms. The van der Waals surface area contributed by atoms with Crippen LogP contribution < -0.4 is 10.6 Å². The highest BCUT2D eigenvalue weighted by atomic mass is 35.5. The highest BCUT2D eigenvalue weighted by molar-refractivity contribution is 7.91. The van der Waals surface area contributed by atoms with Crippen LogP contribution in [0.2, 0.25) is 0 Å². The van der Waals surface area contributed by atoms with Gasteiger partial charge in [0, 0.05) is 24.0 Å². The van der Waals surface area contributed by atoms with Crippen molar-refractivity contribution in [2.75, 3.05) is 26.2 Å². The van der Waals surface area contributed by atoms with Gasteiger partial charge in [0.2, 0.25) is 5.91 Å². The first-order valence-electron chi connectivity index (χ1n) is 8.14. The predicted molar refractivity (Wildman–Crippen MR) is 97.3 cm³/mol. The molecule has 1 aromatic heterocycles. The van der Waals surface area contributed by atoms with Gasteiger partial charge in [-0.05, 0) is 50.9 Å². The van der Waals surface area contributed by atoms with Gasteiger partial charge in [0.25, 0.3) is 10.0 Å². The van der Waals surface area contributed by atoms with Crippen LogP contribution in [0.25, 0.3) is 0 Å². The van der Waals surface area contributed by atoms with Crippen LogP contribution in [0.1, 0.15) is 30.6 Å². The van der Waals surface area contributed by atoms with Gasteiger partial charge in [-0.15, -0.1) is 23.7 Å². The third-order valence-corrected chi connectivity index (χ3v) is 7.79. The maximum absolute atomic E-state index is 12.5. The zero-order chi connectivity index (χ0) is 16.3. The standard InChI is InChI=1S/C15H23N3O3S2.ClH/c19-14(17-12-5-7-16-8-6-12)11-13-3-4-15(22-13)23(20,21)18-9-1-2-10-18;/h3-4,12,16H,1-2,5-11H2,(H,17,19);1H. The van der Waals surface area contributed by atoms with Gasteiger partial charge in [0.15, 0.2) is 0 Å². The minimum absolute atomic E-state index is 0. The highest BCUT2D eigenvalue weighted by Gasteiger charge is 2.28. The summed E-state index contributed by atoms with van der Waals surface area (Å²) in [6.07, 6.45) is 4.01. The van der Waals surface area contributed by atoms with E-state index in [1.165, 1.54) is 15.6 Å². The number of amides is 1. The van der Waals surface area contributed by atoms with E-state index in [1.807, 2.05) is 0 Å². The van der Waals surface area contributed by atoms with Crippen LogP contribution in [-0.2, 0) is 21.2 Å². The summed E-state index contributed by atoms with van der Waals surface area (Å²) in [4.78, 5) is 12.9. The van der Waals surface area contributed by atoms with Crippen molar-refractivity contribution >= 4 is 39.7 Å². The fraction of sp³-hybridized carbons (Fsp3) is 0.667. The summed E-state index contributed by atoms with van der Waals surface area (Å²) >= 11 is 1.21. The SMILES string of the molecule is Cl.O=C(Cc1ccc(S(=O)(=O)N2CCCC2)s1)NC1CCNCC1. The number of carbonyl (C=O) groups is 1. The van der Waals surface area contributed by atoms with Gasteiger partial charge in [-0.3, -0.25) is 4.79 Å². The first-order valence-corrected chi connectivity index (χ1v) is 10.4. The normalized spacial score (nSPS) is 19.8. The average Bonchev–Trinajstić information content (AvgIpc) is 3.20. The molecule has 0 unspecified atom stereocenters. The topological polar surface area (TPSA) is 78.5 Å². The second-order valence-electron chi connectivity index (χ2n) is 6.10. The molecule has 6 nitrogen and oxygen atoms in total. The van der Waals surface area contributed by atoms with E-state index in [4.69, 9.17) is 0 Å². The zero-order valence-electron chi connectivity index (χ0n) is 13.5. The Morgan fingerprint density at radius 2 is 1.92 bits per heavy atom. The van der Waals surface area contributed by atoms with E-state index in [1.54, 1.807) is 12.1 Å². The third kappa shape index (κ3) is 4.70. The van der Waals surface area contributed by atoms with E-state index < -0.39 is 10.0 Å². The molecule has 1 amide bonds. The third-order valence-electron chi connectivity index (χ3n) is 4.34. The van der Waals surface area contributed by atoms with Gasteiger partial charge in [-0.25, -0.2) is 8.42 Å². The van der Waals surface area contributed by atoms with Gasteiger partial charge in [-0.2, -0.15) is 4.31 Å². The maximum Gasteiger partial charge on any atom is 0.252 e. The van der Waals surface area contributed by atoms with Crippen LogP contribution in [0.15, 0.2) is 16.3 Å². The van der Waals surface area contributed by atoms with E-state index in [9.17, 15) is 13.2 Å². The van der Waals surface area contributed by atoms with E-state index in [0.29, 0.717) is 17.3 Å². The molecule has 0 spiro atoms. The lowest BCUT2D eigenvalue weighted by molar-refractivity contribution is -0.121. The Labute approximate surface area is 153 Å². The van der Waals surface area contributed by atoms with Gasteiger partial charge in [-0.1, -0.05) is 0 Å². The van der Waals surface area contributed by atoms with Gasteiger partial charge >= 0.3 is 0 Å². The molecule has 2 saturated heterocycles. The van der Waals surface area contributed by atoms with Crippen molar-refractivity contribution < 1.29 is 13.2 Å². The fourth-order valence-corrected chi connectivity index (χ4v) is 6.08. The van der Waals surface area contributed by atoms with E-state index in [2.05, 4.69) is 10.6 Å². The van der Waals surface area contributed by atoms with Crippen molar-refractivity contribution in [3.8, 4) is 0 Å². The fourth-order valence-electron chi connectivity index (χ4n) is 3.05. The second kappa shape index (κ2) is 8.62. The molecule has 3 rings (SSSR count). The summed E-state index contributed by atoms with van der Waals surface area (Å²) in [5, 5.41) is 6.30. The first-order chi connectivity index (χ1) is 11.1. The Balaban J connectivity index is 0.00000208. The first kappa shape index (κ1) is 19.7. The molecule has 0 saturated carbocycles. The van der Waals surface area contributed by atoms with Crippen LogP contribution >= 0.6 is 23.7 Å². The van der Waals surface area contributed by atoms with Crippen molar-refractivity contribution in [3.05, 3.63) is 17.0 Å². The summed E-state index contributed by atoms with van der Waals surface area (Å²) < 4.78 is 26.8. The van der Waals surface area contributed by atoms with E-state index in [-0.39, 0.29) is 30.8 Å². The van der Waals surface area contributed by atoms with Crippen LogP contribution in [-0.4, -0.2) is 50.9 Å². The summed E-state index contributed by atoms with van der Waals surface area (Å²) in [6, 6.07) is 3.62. The van der Waals surface area contributed by atoms with Crippen LogP contribution in [0.4, 0.5) is 0 Å². The minimum atomic E-state index is -3.37. The van der Waals surface area contributed by atoms with Crippen molar-refractivity contribution in [2.24, 2.45) is 0 Å². The Hall–Kier alpha value is -0.670. The Morgan fingerprint density at radius 3 is 2.58 bits per heavy atom. The van der Waals surface area contributed by atoms with Gasteiger partial charge < -0.3 is 10.6 Å². The number of nitrogens with zero attached hydrogens (tertiary/aromatic N) is 1. The zero-order valence-corrected chi connectivity index (χ0v) is 15.9. The average molecular weight is 394 g/mol. The molecule has 136 valence electrons. The molecular formula is C15H24ClN3O3S2. The Kier molecular flexibility index (Phi) is 7.06. The number of piperidine rings is 1. The summed E-state index contributed by atoms with van der Waals surface area (Å²) in [5.74, 6) is -0.0242. The molecule has 2 aliphatic heterocycles. The Morgan fingerprint density at radius 1 is 1.25 bits per heavy atom. The number of sulfonamides is 1. The largest absolute Gasteiger partial charge is 0.353 e. The lowest BCUT2D eigenvalue weighted by Crippen LogP contribution is -2.43. The molecule has 0 aliphatic carbocycles. The molecule has 0 radical (unpaired) electrons. The van der Waals surface area contributed by atoms with Gasteiger partial charge in [0.05, 0.1) is 6.42 Å². The van der Waals surface area contributed by atoms with Crippen molar-refractivity contribution in [2.45, 2.75) is 42.4 Å². The number of carbonyl (C=O) groups excluding carboxylic acids is 1. The molecule has 2 N–H and O–H groups in total. The molecule has 3 heterocycles. The lowest BCUT2D eigenvalue weighted by Gasteiger charge is -2.23. The summed E-state index contributed by atoms with van der Waals surface area (Å²) in [7, 11) is -3.37. The number of nitrogens with one attached hydrogen (secondary N) is 2. The predicted octanol–water partition coefficient (Wildman–Crippen LogP) is 1.37. The maximum atomic E-state index is 12.5. The van der Waals surface area contributed by atoms with Crippen molar-refractivity contribution in [1.82, 2.24) is 14.9 Å². The monoisotopic (exact) mass is 393 g/mol. The smallest absolute Gasteiger partial charge is 0.252 e. The molecule has 2 aliphatic rings. The number of hydrogen-bond donors (Lipinski definition) is 2. The van der Waals surface area contributed by atoms with E-state index in [0.717, 1.165) is 43.6 Å². The highest BCUT2D eigenvalue weighted by Crippen LogP contribution is 2.27. The Bertz CT molecular complexity index is 651. The minimum Gasteiger partial charge on any atom is -0.353 e. The van der Waals surface area contributed by atoms with Crippen LogP contribution in [0.3, 0.4) is 0 Å². The molecule has 9 heteroatoms. The molecule has 1 aromatic rings. The second-order valence-corrected chi connectivity index (χ2v) is 9.43. The molecule has 0 atom stereocenters. The van der Waals surface area contributed by atoms with Crippen LogP contribution in [0.5, 0.6) is 0 Å². The van der Waals surface area contributed by atoms with Crippen molar-refractivity contribution in [3.63, 3.8) is 0 Å². The van der Waals surface area contributed by atoms with Gasteiger partial charge in [0.1, 0.15) is 4.21 Å². The van der Waals surface area contributed by atoms with E-state index >= 15 is 0 Å². The number of hydrogen-bond acceptors (Lipinski definition) is 5. The van der Waals surface area contributed by atoms with Crippen molar-refractivity contribution in [1.29, 1.82) is 0 Å². The van der Waals surface area contributed by atoms with Crippen LogP contribution in [0, 0.1) is 0 Å². The molecule has 2 fully saturated rings. The number of rotatable bonds is 5. The quantitative estimate of drug-likeness (QED) is 0.791. The number of halogens is 1. The number of thiophene rings is 1. The summed E-state index contributed by atoms with van der Waals surface area (Å²) in [6.45, 7) is 3.07. The molecule has 0 bridgehead atoms. The molecule has 0 aromatic carbocycles.